The van der Waals surface area contributed by atoms with Gasteiger partial charge >= 0.3 is 11.9 Å². The van der Waals surface area contributed by atoms with Crippen molar-refractivity contribution in [2.75, 3.05) is 33.0 Å². The lowest BCUT2D eigenvalue weighted by molar-refractivity contribution is -0.552. The van der Waals surface area contributed by atoms with E-state index in [2.05, 4.69) is 6.92 Å². The smallest absolute Gasteiger partial charge is 0.337 e. The van der Waals surface area contributed by atoms with Crippen molar-refractivity contribution < 1.29 is 28.8 Å². The van der Waals surface area contributed by atoms with E-state index < -0.39 is 11.9 Å². The Balaban J connectivity index is 5.14. The van der Waals surface area contributed by atoms with Crippen molar-refractivity contribution in [3.63, 3.8) is 0 Å². The van der Waals surface area contributed by atoms with Crippen molar-refractivity contribution >= 4 is 0 Å². The topological polar surface area (TPSA) is 66.4 Å². The van der Waals surface area contributed by atoms with E-state index in [0.29, 0.717) is 6.61 Å². The Labute approximate surface area is 128 Å². The van der Waals surface area contributed by atoms with Crippen molar-refractivity contribution in [3.05, 3.63) is 0 Å². The zero-order valence-corrected chi connectivity index (χ0v) is 14.1. The number of aliphatic hydroxyl groups is 1. The summed E-state index contributed by atoms with van der Waals surface area (Å²) in [6.07, 6.45) is 2.88. The molecule has 0 saturated carbocycles. The monoisotopic (exact) mass is 308 g/mol. The quantitative estimate of drug-likeness (QED) is 0.393. The summed E-state index contributed by atoms with van der Waals surface area (Å²) >= 11 is 0. The van der Waals surface area contributed by atoms with Gasteiger partial charge < -0.3 is 28.8 Å². The molecule has 0 rings (SSSR count). The Hall–Kier alpha value is -0.240. The molecule has 0 aromatic rings. The van der Waals surface area contributed by atoms with Gasteiger partial charge in [-0.1, -0.05) is 19.8 Å². The van der Waals surface area contributed by atoms with Crippen molar-refractivity contribution in [1.29, 1.82) is 0 Å². The molecule has 6 nitrogen and oxygen atoms in total. The summed E-state index contributed by atoms with van der Waals surface area (Å²) in [5.74, 6) is -3.88. The lowest BCUT2D eigenvalue weighted by Gasteiger charge is -2.42. The van der Waals surface area contributed by atoms with E-state index in [0.717, 1.165) is 19.3 Å². The largest absolute Gasteiger partial charge is 0.370 e. The van der Waals surface area contributed by atoms with Gasteiger partial charge in [0.1, 0.15) is 0 Å². The second-order valence-electron chi connectivity index (χ2n) is 4.43. The first-order chi connectivity index (χ1) is 10.1. The second kappa shape index (κ2) is 11.3. The number of hydrogen-bond donors (Lipinski definition) is 1. The maximum atomic E-state index is 10.8. The highest BCUT2D eigenvalue weighted by atomic mass is 17.0. The van der Waals surface area contributed by atoms with Crippen molar-refractivity contribution in [3.8, 4) is 0 Å². The minimum absolute atomic E-state index is 0.235. The molecule has 0 saturated heterocycles. The van der Waals surface area contributed by atoms with E-state index in [-0.39, 0.29) is 26.4 Å². The van der Waals surface area contributed by atoms with Crippen molar-refractivity contribution in [2.24, 2.45) is 0 Å². The first-order valence-corrected chi connectivity index (χ1v) is 7.97. The lowest BCUT2D eigenvalue weighted by atomic mass is 10.3. The number of rotatable bonds is 14. The molecule has 21 heavy (non-hydrogen) atoms. The van der Waals surface area contributed by atoms with Gasteiger partial charge in [0.25, 0.3) is 0 Å². The molecule has 0 bridgehead atoms. The summed E-state index contributed by atoms with van der Waals surface area (Å²) in [5.41, 5.74) is 0. The van der Waals surface area contributed by atoms with Gasteiger partial charge in [0, 0.05) is 26.4 Å². The molecule has 0 radical (unpaired) electrons. The maximum absolute atomic E-state index is 10.8. The van der Waals surface area contributed by atoms with Crippen LogP contribution in [0.5, 0.6) is 0 Å². The lowest BCUT2D eigenvalue weighted by Crippen LogP contribution is -2.63. The molecule has 1 atom stereocenters. The molecule has 6 heteroatoms. The SMILES string of the molecule is CCCCCOC(O)(OCC)C(OCC)(OCC)OCC. The van der Waals surface area contributed by atoms with Gasteiger partial charge in [0.2, 0.25) is 0 Å². The van der Waals surface area contributed by atoms with Gasteiger partial charge in [-0.05, 0) is 34.1 Å². The zero-order chi connectivity index (χ0) is 16.2. The van der Waals surface area contributed by atoms with E-state index in [4.69, 9.17) is 23.7 Å². The molecule has 0 aliphatic rings. The summed E-state index contributed by atoms with van der Waals surface area (Å²) in [5, 5.41) is 10.8. The van der Waals surface area contributed by atoms with Crippen molar-refractivity contribution in [2.45, 2.75) is 65.8 Å². The van der Waals surface area contributed by atoms with E-state index in [9.17, 15) is 5.11 Å². The first kappa shape index (κ1) is 20.8. The van der Waals surface area contributed by atoms with E-state index in [1.807, 2.05) is 0 Å². The minimum atomic E-state index is -2.10. The van der Waals surface area contributed by atoms with Gasteiger partial charge in [0.15, 0.2) is 0 Å². The Morgan fingerprint density at radius 3 is 1.52 bits per heavy atom. The molecule has 128 valence electrons. The average Bonchev–Trinajstić information content (AvgIpc) is 2.44. The normalized spacial score (nSPS) is 15.1. The Bertz CT molecular complexity index is 231. The van der Waals surface area contributed by atoms with Gasteiger partial charge in [-0.15, -0.1) is 0 Å². The van der Waals surface area contributed by atoms with Crippen LogP contribution < -0.4 is 0 Å². The molecule has 1 N–H and O–H groups in total. The van der Waals surface area contributed by atoms with Gasteiger partial charge in [0.05, 0.1) is 6.61 Å². The molecule has 0 aromatic heterocycles. The van der Waals surface area contributed by atoms with Crippen LogP contribution in [0.15, 0.2) is 0 Å². The van der Waals surface area contributed by atoms with E-state index in [1.165, 1.54) is 0 Å². The summed E-state index contributed by atoms with van der Waals surface area (Å²) in [7, 11) is 0. The number of hydrogen-bond acceptors (Lipinski definition) is 6. The van der Waals surface area contributed by atoms with E-state index >= 15 is 0 Å². The Morgan fingerprint density at radius 1 is 0.667 bits per heavy atom. The zero-order valence-electron chi connectivity index (χ0n) is 14.1. The molecule has 0 spiro atoms. The van der Waals surface area contributed by atoms with Crippen LogP contribution in [0, 0.1) is 0 Å². The third-order valence-electron chi connectivity index (χ3n) is 2.78. The highest BCUT2D eigenvalue weighted by Gasteiger charge is 2.58. The molecule has 0 aliphatic carbocycles. The van der Waals surface area contributed by atoms with Crippen LogP contribution >= 0.6 is 0 Å². The van der Waals surface area contributed by atoms with Gasteiger partial charge in [-0.25, -0.2) is 0 Å². The van der Waals surface area contributed by atoms with Crippen LogP contribution in [0.2, 0.25) is 0 Å². The first-order valence-electron chi connectivity index (χ1n) is 7.97. The van der Waals surface area contributed by atoms with Crippen LogP contribution in [0.1, 0.15) is 53.9 Å². The molecule has 0 aliphatic heterocycles. The molecule has 0 heterocycles. The highest BCUT2D eigenvalue weighted by molar-refractivity contribution is 4.72. The molecule has 0 fully saturated rings. The molecule has 0 aromatic carbocycles. The highest BCUT2D eigenvalue weighted by Crippen LogP contribution is 2.32. The standard InChI is InChI=1S/C15H32O6/c1-6-11-12-13-21-14(16,17-7-2)15(18-8-3,19-9-4)20-10-5/h16H,6-13H2,1-5H3. The maximum Gasteiger partial charge on any atom is 0.370 e. The third kappa shape index (κ3) is 6.18. The van der Waals surface area contributed by atoms with Crippen LogP contribution in [0.25, 0.3) is 0 Å². The summed E-state index contributed by atoms with van der Waals surface area (Å²) < 4.78 is 27.6. The third-order valence-corrected chi connectivity index (χ3v) is 2.78. The van der Waals surface area contributed by atoms with Crippen LogP contribution in [-0.2, 0) is 23.7 Å². The molecular formula is C15H32O6. The summed E-state index contributed by atoms with van der Waals surface area (Å²) in [6, 6.07) is 0. The van der Waals surface area contributed by atoms with Crippen molar-refractivity contribution in [1.82, 2.24) is 0 Å². The molecule has 1 unspecified atom stereocenters. The number of ether oxygens (including phenoxy) is 5. The van der Waals surface area contributed by atoms with Gasteiger partial charge in [-0.2, -0.15) is 0 Å². The van der Waals surface area contributed by atoms with E-state index in [1.54, 1.807) is 27.7 Å². The molecule has 0 amide bonds. The average molecular weight is 308 g/mol. The Kier molecular flexibility index (Phi) is 11.2. The van der Waals surface area contributed by atoms with Gasteiger partial charge in [-0.3, -0.25) is 0 Å². The summed E-state index contributed by atoms with van der Waals surface area (Å²) in [4.78, 5) is 0. The predicted molar refractivity (Wildman–Crippen MR) is 79.7 cm³/mol. The second-order valence-corrected chi connectivity index (χ2v) is 4.43. The van der Waals surface area contributed by atoms with Crippen LogP contribution in [0.3, 0.4) is 0 Å². The predicted octanol–water partition coefficient (Wildman–Crippen LogP) is 2.64. The fourth-order valence-electron chi connectivity index (χ4n) is 1.95. The number of unbranched alkanes of at least 4 members (excludes halogenated alkanes) is 2. The Morgan fingerprint density at radius 2 is 1.14 bits per heavy atom. The molecular weight excluding hydrogens is 276 g/mol. The minimum Gasteiger partial charge on any atom is -0.337 e. The fraction of sp³-hybridized carbons (Fsp3) is 1.00. The fourth-order valence-corrected chi connectivity index (χ4v) is 1.95. The van der Waals surface area contributed by atoms with Crippen LogP contribution in [0.4, 0.5) is 0 Å². The van der Waals surface area contributed by atoms with Crippen LogP contribution in [-0.4, -0.2) is 50.1 Å². The summed E-state index contributed by atoms with van der Waals surface area (Å²) in [6.45, 7) is 10.6.